The van der Waals surface area contributed by atoms with Gasteiger partial charge >= 0.3 is 12.2 Å². The number of amidine groups is 1. The number of hydrogen-bond donors (Lipinski definition) is 4. The number of aromatic amines is 1. The van der Waals surface area contributed by atoms with Crippen molar-refractivity contribution in [2.45, 2.75) is 102 Å². The number of piperidine rings is 1. The molecule has 4 fully saturated rings. The summed E-state index contributed by atoms with van der Waals surface area (Å²) in [5.41, 5.74) is 4.95. The number of alkyl halides is 2. The lowest BCUT2D eigenvalue weighted by Crippen LogP contribution is -2.85. The molecule has 4 amide bonds. The molecule has 2 saturated carbocycles. The number of nitrogens with two attached hydrogens (primary N) is 1. The summed E-state index contributed by atoms with van der Waals surface area (Å²) in [5.74, 6) is -2.33. The SMILES string of the molecule is COC(=O)N[C@H](C(=O)N1CC2(CC2)C[C@H]1c1ncc(-c2ccc3c(c2)C(F)(F)c2cc(-c4ccc5c(c4)[NH2+]C([C@@H]4[C@H]6CC[C@H](C6)N4C(=O)[C@@H](NC(=O)OC)C(C)C)=N5)ccc2-3)[nH]1)C(C)C. The Morgan fingerprint density at radius 3 is 2.09 bits per heavy atom. The molecule has 0 radical (unpaired) electrons. The van der Waals surface area contributed by atoms with E-state index in [9.17, 15) is 19.2 Å². The summed E-state index contributed by atoms with van der Waals surface area (Å²) in [5, 5.41) is 7.46. The van der Waals surface area contributed by atoms with Crippen LogP contribution in [-0.4, -0.2) is 94.5 Å². The van der Waals surface area contributed by atoms with E-state index in [4.69, 9.17) is 19.5 Å². The van der Waals surface area contributed by atoms with Crippen LogP contribution in [0.4, 0.5) is 29.7 Å². The van der Waals surface area contributed by atoms with Gasteiger partial charge in [0.05, 0.1) is 32.2 Å². The molecule has 3 aliphatic heterocycles. The Bertz CT molecular complexity index is 2660. The number of ether oxygens (including phenoxy) is 2. The summed E-state index contributed by atoms with van der Waals surface area (Å²) in [6.45, 7) is 8.10. The Kier molecular flexibility index (Phi) is 10.4. The zero-order valence-electron chi connectivity index (χ0n) is 37.4. The van der Waals surface area contributed by atoms with Crippen LogP contribution in [0.15, 0.2) is 65.8 Å². The molecular weight excluding hydrogens is 835 g/mol. The van der Waals surface area contributed by atoms with Gasteiger partial charge in [0.15, 0.2) is 5.69 Å². The third-order valence-electron chi connectivity index (χ3n) is 14.8. The van der Waals surface area contributed by atoms with Gasteiger partial charge < -0.3 is 34.9 Å². The molecule has 0 unspecified atom stereocenters. The average molecular weight is 890 g/mol. The minimum Gasteiger partial charge on any atom is -0.453 e. The summed E-state index contributed by atoms with van der Waals surface area (Å²) in [4.78, 5) is 69.2. The molecule has 3 aromatic carbocycles. The van der Waals surface area contributed by atoms with Crippen LogP contribution >= 0.6 is 0 Å². The van der Waals surface area contributed by atoms with Crippen LogP contribution in [0.5, 0.6) is 0 Å². The molecule has 6 atom stereocenters. The highest BCUT2D eigenvalue weighted by Gasteiger charge is 2.56. The van der Waals surface area contributed by atoms with E-state index < -0.39 is 30.2 Å². The summed E-state index contributed by atoms with van der Waals surface area (Å²) in [7, 11) is 2.55. The van der Waals surface area contributed by atoms with Gasteiger partial charge in [-0.3, -0.25) is 14.9 Å². The number of aromatic nitrogens is 2. The molecule has 5 N–H and O–H groups in total. The number of quaternary nitrogens is 1. The van der Waals surface area contributed by atoms with Crippen molar-refractivity contribution >= 4 is 41.2 Å². The molecule has 6 aliphatic rings. The third-order valence-corrected chi connectivity index (χ3v) is 14.8. The number of alkyl carbamates (subject to hydrolysis) is 2. The second-order valence-corrected chi connectivity index (χ2v) is 19.6. The van der Waals surface area contributed by atoms with Crippen LogP contribution in [0.1, 0.15) is 89.2 Å². The molecule has 340 valence electrons. The van der Waals surface area contributed by atoms with Gasteiger partial charge in [-0.05, 0) is 102 Å². The van der Waals surface area contributed by atoms with Crippen molar-refractivity contribution in [3.8, 4) is 33.5 Å². The second kappa shape index (κ2) is 15.8. The molecule has 65 heavy (non-hydrogen) atoms. The zero-order chi connectivity index (χ0) is 45.7. The molecule has 16 heteroatoms. The standard InChI is InChI=1S/C49H54F2N8O6/c1-24(2)39(56-46(62)64-5)44(60)58-23-48(15-16-48)21-38(58)42-52-22-37(55-42)28-9-13-32-31-12-8-26(18-33(31)49(50,51)34(32)19-28)27-10-14-35-36(20-27)54-43(53-35)41-29-7-11-30(17-29)59(41)45(61)40(25(3)4)57-47(63)65-6/h8-10,12-14,18-20,22,24-25,29-30,38-41H,7,11,15-17,21,23H2,1-6H3,(H,52,55)(H,53,54)(H,56,62)(H,57,63)/p+1/t29-,30+,38-,39-,40-,41-/m0/s1. The van der Waals surface area contributed by atoms with E-state index in [-0.39, 0.29) is 64.2 Å². The quantitative estimate of drug-likeness (QED) is 0.121. The number of amides is 4. The first-order valence-electron chi connectivity index (χ1n) is 22.7. The summed E-state index contributed by atoms with van der Waals surface area (Å²) >= 11 is 0. The lowest BCUT2D eigenvalue weighted by Gasteiger charge is -2.37. The molecule has 1 aromatic heterocycles. The third kappa shape index (κ3) is 7.24. The van der Waals surface area contributed by atoms with Crippen LogP contribution in [-0.2, 0) is 25.0 Å². The van der Waals surface area contributed by atoms with Gasteiger partial charge in [0, 0.05) is 35.3 Å². The number of nitrogens with one attached hydrogen (secondary N) is 3. The highest BCUT2D eigenvalue weighted by atomic mass is 19.3. The highest BCUT2D eigenvalue weighted by molar-refractivity contribution is 5.96. The number of likely N-dealkylation sites (tertiary alicyclic amines) is 2. The normalized spacial score (nSPS) is 23.6. The van der Waals surface area contributed by atoms with Crippen molar-refractivity contribution in [3.63, 3.8) is 0 Å². The summed E-state index contributed by atoms with van der Waals surface area (Å²) in [6.07, 6.45) is 5.82. The Hall–Kier alpha value is -6.16. The number of nitrogens with zero attached hydrogens (tertiary/aromatic N) is 4. The van der Waals surface area contributed by atoms with Gasteiger partial charge in [0.2, 0.25) is 17.6 Å². The van der Waals surface area contributed by atoms with E-state index in [1.54, 1.807) is 29.3 Å². The Balaban J connectivity index is 0.870. The monoisotopic (exact) mass is 889 g/mol. The van der Waals surface area contributed by atoms with Crippen LogP contribution in [0.2, 0.25) is 0 Å². The predicted octanol–water partition coefficient (Wildman–Crippen LogP) is 7.30. The number of aliphatic imine (C=N–C) groups is 1. The van der Waals surface area contributed by atoms with E-state index in [0.29, 0.717) is 40.3 Å². The van der Waals surface area contributed by atoms with Gasteiger partial charge in [-0.15, -0.1) is 0 Å². The molecule has 1 spiro atoms. The molecule has 2 saturated heterocycles. The van der Waals surface area contributed by atoms with Crippen molar-refractivity contribution in [2.24, 2.45) is 28.2 Å². The van der Waals surface area contributed by atoms with Gasteiger partial charge in [-0.25, -0.2) is 14.6 Å². The minimum absolute atomic E-state index is 0.0119. The van der Waals surface area contributed by atoms with Crippen molar-refractivity contribution < 1.29 is 42.7 Å². The smallest absolute Gasteiger partial charge is 0.407 e. The fourth-order valence-electron chi connectivity index (χ4n) is 11.2. The maximum atomic E-state index is 16.7. The van der Waals surface area contributed by atoms with Gasteiger partial charge in [0.1, 0.15) is 29.6 Å². The summed E-state index contributed by atoms with van der Waals surface area (Å²) < 4.78 is 43.0. The fourth-order valence-corrected chi connectivity index (χ4v) is 11.2. The molecule has 4 aromatic rings. The van der Waals surface area contributed by atoms with Crippen LogP contribution < -0.4 is 16.0 Å². The second-order valence-electron chi connectivity index (χ2n) is 19.6. The lowest BCUT2D eigenvalue weighted by atomic mass is 9.95. The number of halogens is 2. The van der Waals surface area contributed by atoms with E-state index in [1.165, 1.54) is 20.3 Å². The molecule has 2 bridgehead atoms. The van der Waals surface area contributed by atoms with Gasteiger partial charge in [-0.2, -0.15) is 13.8 Å². The van der Waals surface area contributed by atoms with Crippen LogP contribution in [0.25, 0.3) is 33.5 Å². The molecule has 3 aliphatic carbocycles. The van der Waals surface area contributed by atoms with E-state index in [0.717, 1.165) is 61.3 Å². The maximum absolute atomic E-state index is 16.7. The zero-order valence-corrected chi connectivity index (χ0v) is 37.4. The number of benzene rings is 3. The Morgan fingerprint density at radius 2 is 1.45 bits per heavy atom. The van der Waals surface area contributed by atoms with Gasteiger partial charge in [0.25, 0.3) is 5.92 Å². The van der Waals surface area contributed by atoms with Crippen molar-refractivity contribution in [2.75, 3.05) is 20.8 Å². The Morgan fingerprint density at radius 1 is 0.831 bits per heavy atom. The topological polar surface area (TPSA) is 175 Å². The van der Waals surface area contributed by atoms with Crippen molar-refractivity contribution in [1.82, 2.24) is 30.4 Å². The molecule has 10 rings (SSSR count). The average Bonchev–Trinajstić information content (AvgIpc) is 3.95. The molecular formula is C49H55F2N8O6+. The van der Waals surface area contributed by atoms with E-state index in [1.807, 2.05) is 68.2 Å². The number of hydrogen-bond acceptors (Lipinski definition) is 8. The number of carbonyl (C=O) groups is 4. The minimum atomic E-state index is -3.28. The number of rotatable bonds is 10. The van der Waals surface area contributed by atoms with Crippen molar-refractivity contribution in [3.05, 3.63) is 77.7 Å². The Labute approximate surface area is 375 Å². The number of carbonyl (C=O) groups excluding carboxylic acids is 4. The molecule has 4 heterocycles. The number of imidazole rings is 1. The largest absolute Gasteiger partial charge is 0.453 e. The first-order valence-corrected chi connectivity index (χ1v) is 22.7. The van der Waals surface area contributed by atoms with Gasteiger partial charge in [-0.1, -0.05) is 58.0 Å². The van der Waals surface area contributed by atoms with Crippen LogP contribution in [0.3, 0.4) is 0 Å². The number of methoxy groups -OCH3 is 2. The predicted molar refractivity (Wildman–Crippen MR) is 237 cm³/mol. The first-order chi connectivity index (χ1) is 31.1. The molecule has 14 nitrogen and oxygen atoms in total. The lowest BCUT2D eigenvalue weighted by molar-refractivity contribution is -0.444. The van der Waals surface area contributed by atoms with Crippen molar-refractivity contribution in [1.29, 1.82) is 0 Å². The first kappa shape index (κ1) is 42.8. The van der Waals surface area contributed by atoms with Crippen LogP contribution in [0, 0.1) is 23.2 Å². The number of H-pyrrole nitrogens is 1. The fraction of sp³-hybridized carbons (Fsp3) is 0.469. The van der Waals surface area contributed by atoms with E-state index in [2.05, 4.69) is 15.6 Å². The highest BCUT2D eigenvalue weighted by Crippen LogP contribution is 2.59. The summed E-state index contributed by atoms with van der Waals surface area (Å²) in [6, 6.07) is 14.1. The maximum Gasteiger partial charge on any atom is 0.407 e. The van der Waals surface area contributed by atoms with E-state index >= 15 is 8.78 Å². The number of fused-ring (bicyclic) bond motifs is 6.